The number of hydrogen-bond donors (Lipinski definition) is 0. The molecule has 2 amide bonds. The minimum Gasteiger partial charge on any atom is -0.312 e. The fourth-order valence-electron chi connectivity index (χ4n) is 3.76. The Labute approximate surface area is 162 Å². The molecule has 2 aromatic carbocycles. The van der Waals surface area contributed by atoms with Crippen LogP contribution in [-0.2, 0) is 16.0 Å². The van der Waals surface area contributed by atoms with Gasteiger partial charge in [-0.1, -0.05) is 41.4 Å². The molecule has 0 saturated carbocycles. The number of carbonyl (C=O) groups is 2. The number of para-hydroxylation sites is 1. The summed E-state index contributed by atoms with van der Waals surface area (Å²) in [5.74, 6) is -0.386. The van der Waals surface area contributed by atoms with Gasteiger partial charge in [-0.3, -0.25) is 9.59 Å². The van der Waals surface area contributed by atoms with Gasteiger partial charge in [-0.25, -0.2) is 0 Å². The minimum absolute atomic E-state index is 0.0214. The molecular weight excluding hydrogens is 371 g/mol. The van der Waals surface area contributed by atoms with Crippen LogP contribution in [0, 0.1) is 5.92 Å². The van der Waals surface area contributed by atoms with Crippen molar-refractivity contribution in [2.45, 2.75) is 19.3 Å². The summed E-state index contributed by atoms with van der Waals surface area (Å²) in [5.41, 5.74) is 2.85. The van der Waals surface area contributed by atoms with Crippen LogP contribution in [0.1, 0.15) is 18.4 Å². The number of hydrogen-bond acceptors (Lipinski definition) is 2. The molecule has 1 unspecified atom stereocenters. The Hall–Kier alpha value is -2.04. The van der Waals surface area contributed by atoms with Gasteiger partial charge in [-0.05, 0) is 42.7 Å². The topological polar surface area (TPSA) is 40.6 Å². The zero-order chi connectivity index (χ0) is 18.3. The van der Waals surface area contributed by atoms with E-state index in [1.165, 1.54) is 5.56 Å². The molecule has 4 rings (SSSR count). The van der Waals surface area contributed by atoms with Gasteiger partial charge in [-0.15, -0.1) is 0 Å². The third kappa shape index (κ3) is 3.08. The largest absolute Gasteiger partial charge is 0.312 e. The predicted molar refractivity (Wildman–Crippen MR) is 104 cm³/mol. The van der Waals surface area contributed by atoms with Crippen LogP contribution in [0.25, 0.3) is 0 Å². The molecule has 2 heterocycles. The number of amides is 2. The lowest BCUT2D eigenvalue weighted by Crippen LogP contribution is -2.40. The van der Waals surface area contributed by atoms with Crippen molar-refractivity contribution in [3.8, 4) is 0 Å². The smallest absolute Gasteiger partial charge is 0.232 e. The van der Waals surface area contributed by atoms with Crippen molar-refractivity contribution < 1.29 is 9.59 Å². The summed E-state index contributed by atoms with van der Waals surface area (Å²) < 4.78 is 0. The Morgan fingerprint density at radius 2 is 1.88 bits per heavy atom. The zero-order valence-corrected chi connectivity index (χ0v) is 15.6. The molecule has 1 saturated heterocycles. The van der Waals surface area contributed by atoms with Gasteiger partial charge in [0.2, 0.25) is 11.8 Å². The average Bonchev–Trinajstić information content (AvgIpc) is 3.04. The molecule has 0 aromatic heterocycles. The van der Waals surface area contributed by atoms with Gasteiger partial charge in [0, 0.05) is 30.9 Å². The molecule has 1 atom stereocenters. The Kier molecular flexibility index (Phi) is 4.63. The fraction of sp³-hybridized carbons (Fsp3) is 0.300. The number of halogens is 2. The van der Waals surface area contributed by atoms with E-state index in [0.717, 1.165) is 18.5 Å². The normalized spacial score (nSPS) is 19.6. The van der Waals surface area contributed by atoms with Crippen LogP contribution in [0.2, 0.25) is 10.0 Å². The first-order chi connectivity index (χ1) is 12.5. The Morgan fingerprint density at radius 1 is 1.08 bits per heavy atom. The van der Waals surface area contributed by atoms with E-state index in [9.17, 15) is 9.59 Å². The summed E-state index contributed by atoms with van der Waals surface area (Å²) in [6.45, 7) is 1.07. The summed E-state index contributed by atoms with van der Waals surface area (Å²) in [6.07, 6.45) is 2.15. The Morgan fingerprint density at radius 3 is 2.69 bits per heavy atom. The van der Waals surface area contributed by atoms with Crippen LogP contribution in [0.4, 0.5) is 11.4 Å². The monoisotopic (exact) mass is 388 g/mol. The maximum absolute atomic E-state index is 13.1. The maximum atomic E-state index is 13.1. The van der Waals surface area contributed by atoms with Gasteiger partial charge in [0.15, 0.2) is 0 Å². The maximum Gasteiger partial charge on any atom is 0.232 e. The van der Waals surface area contributed by atoms with Crippen LogP contribution in [0.3, 0.4) is 0 Å². The molecule has 4 nitrogen and oxygen atoms in total. The number of fused-ring (bicyclic) bond motifs is 1. The number of benzene rings is 2. The minimum atomic E-state index is -0.344. The molecular formula is C20H18Cl2N2O2. The van der Waals surface area contributed by atoms with Crippen molar-refractivity contribution in [1.82, 2.24) is 0 Å². The van der Waals surface area contributed by atoms with Gasteiger partial charge >= 0.3 is 0 Å². The molecule has 134 valence electrons. The van der Waals surface area contributed by atoms with Gasteiger partial charge in [0.05, 0.1) is 16.0 Å². The van der Waals surface area contributed by atoms with Crippen LogP contribution >= 0.6 is 23.2 Å². The second kappa shape index (κ2) is 6.93. The average molecular weight is 389 g/mol. The number of aryl methyl sites for hydroxylation is 1. The van der Waals surface area contributed by atoms with Gasteiger partial charge < -0.3 is 9.80 Å². The van der Waals surface area contributed by atoms with E-state index in [0.29, 0.717) is 28.8 Å². The third-order valence-corrected chi connectivity index (χ3v) is 5.80. The van der Waals surface area contributed by atoms with Gasteiger partial charge in [-0.2, -0.15) is 0 Å². The summed E-state index contributed by atoms with van der Waals surface area (Å²) in [7, 11) is 0. The lowest BCUT2D eigenvalue weighted by atomic mass is 9.99. The number of rotatable bonds is 2. The quantitative estimate of drug-likeness (QED) is 0.768. The van der Waals surface area contributed by atoms with Crippen molar-refractivity contribution in [3.63, 3.8) is 0 Å². The van der Waals surface area contributed by atoms with Crippen molar-refractivity contribution in [2.75, 3.05) is 22.9 Å². The van der Waals surface area contributed by atoms with Crippen LogP contribution in [-0.4, -0.2) is 24.9 Å². The summed E-state index contributed by atoms with van der Waals surface area (Å²) in [4.78, 5) is 29.1. The van der Waals surface area contributed by atoms with E-state index in [-0.39, 0.29) is 24.2 Å². The van der Waals surface area contributed by atoms with E-state index in [1.807, 2.05) is 23.1 Å². The predicted octanol–water partition coefficient (Wildman–Crippen LogP) is 4.33. The lowest BCUT2D eigenvalue weighted by molar-refractivity contribution is -0.124. The SMILES string of the molecule is O=C1CC(C(=O)N2CCCc3ccccc32)CN1c1ccc(Cl)c(Cl)c1. The number of anilines is 2. The molecule has 0 spiro atoms. The first kappa shape index (κ1) is 17.4. The summed E-state index contributed by atoms with van der Waals surface area (Å²) in [5, 5.41) is 0.844. The summed E-state index contributed by atoms with van der Waals surface area (Å²) >= 11 is 12.0. The highest BCUT2D eigenvalue weighted by atomic mass is 35.5. The van der Waals surface area contributed by atoms with Crippen molar-refractivity contribution in [3.05, 3.63) is 58.1 Å². The van der Waals surface area contributed by atoms with E-state index in [1.54, 1.807) is 23.1 Å². The van der Waals surface area contributed by atoms with Crippen LogP contribution in [0.15, 0.2) is 42.5 Å². The standard InChI is InChI=1S/C20H18Cl2N2O2/c21-16-8-7-15(11-17(16)22)24-12-14(10-19(24)25)20(26)23-9-3-5-13-4-1-2-6-18(13)23/h1-2,4,6-8,11,14H,3,5,9-10,12H2. The Balaban J connectivity index is 1.56. The highest BCUT2D eigenvalue weighted by Crippen LogP contribution is 2.33. The number of nitrogens with zero attached hydrogens (tertiary/aromatic N) is 2. The highest BCUT2D eigenvalue weighted by Gasteiger charge is 2.38. The molecule has 0 N–H and O–H groups in total. The van der Waals surface area contributed by atoms with Gasteiger partial charge in [0.25, 0.3) is 0 Å². The van der Waals surface area contributed by atoms with Crippen molar-refractivity contribution >= 4 is 46.4 Å². The third-order valence-electron chi connectivity index (χ3n) is 5.07. The van der Waals surface area contributed by atoms with Gasteiger partial charge in [0.1, 0.15) is 0 Å². The van der Waals surface area contributed by atoms with E-state index >= 15 is 0 Å². The Bertz CT molecular complexity index is 884. The van der Waals surface area contributed by atoms with Crippen molar-refractivity contribution in [2.24, 2.45) is 5.92 Å². The number of carbonyl (C=O) groups excluding carboxylic acids is 2. The summed E-state index contributed by atoms with van der Waals surface area (Å²) in [6, 6.07) is 13.1. The molecule has 26 heavy (non-hydrogen) atoms. The molecule has 0 aliphatic carbocycles. The van der Waals surface area contributed by atoms with Crippen LogP contribution < -0.4 is 9.80 Å². The van der Waals surface area contributed by atoms with E-state index < -0.39 is 0 Å². The molecule has 2 aliphatic rings. The molecule has 0 bridgehead atoms. The molecule has 0 radical (unpaired) electrons. The van der Waals surface area contributed by atoms with Crippen LogP contribution in [0.5, 0.6) is 0 Å². The molecule has 1 fully saturated rings. The molecule has 2 aliphatic heterocycles. The fourth-order valence-corrected chi connectivity index (χ4v) is 4.05. The zero-order valence-electron chi connectivity index (χ0n) is 14.1. The van der Waals surface area contributed by atoms with E-state index in [4.69, 9.17) is 23.2 Å². The first-order valence-corrected chi connectivity index (χ1v) is 9.45. The highest BCUT2D eigenvalue weighted by molar-refractivity contribution is 6.42. The lowest BCUT2D eigenvalue weighted by Gasteiger charge is -2.31. The second-order valence-electron chi connectivity index (χ2n) is 6.73. The molecule has 6 heteroatoms. The second-order valence-corrected chi connectivity index (χ2v) is 7.54. The first-order valence-electron chi connectivity index (χ1n) is 8.69. The molecule has 2 aromatic rings. The van der Waals surface area contributed by atoms with E-state index in [2.05, 4.69) is 6.07 Å². The van der Waals surface area contributed by atoms with Crippen molar-refractivity contribution in [1.29, 1.82) is 0 Å².